The Kier molecular flexibility index (Phi) is 5.23. The molecular formula is C26H26F3N3O3. The molecule has 1 heterocycles. The van der Waals surface area contributed by atoms with Crippen molar-refractivity contribution in [2.24, 2.45) is 11.3 Å². The maximum atomic E-state index is 13.4. The minimum atomic E-state index is -4.40. The Labute approximate surface area is 200 Å². The van der Waals surface area contributed by atoms with Crippen LogP contribution in [0.3, 0.4) is 0 Å². The molecule has 2 bridgehead atoms. The van der Waals surface area contributed by atoms with Crippen LogP contribution in [0.4, 0.5) is 13.2 Å². The Morgan fingerprint density at radius 3 is 2.43 bits per heavy atom. The molecule has 3 aliphatic carbocycles. The number of carboxylic acid groups (broad SMARTS) is 1. The Bertz CT molecular complexity index is 1320. The van der Waals surface area contributed by atoms with Crippen LogP contribution in [0.5, 0.6) is 0 Å². The first-order chi connectivity index (χ1) is 16.5. The number of benzene rings is 2. The van der Waals surface area contributed by atoms with Gasteiger partial charge < -0.3 is 10.4 Å². The fourth-order valence-corrected chi connectivity index (χ4v) is 6.08. The lowest BCUT2D eigenvalue weighted by Gasteiger charge is -2.75. The zero-order valence-electron chi connectivity index (χ0n) is 19.4. The number of alkyl halides is 3. The van der Waals surface area contributed by atoms with Crippen LogP contribution >= 0.6 is 0 Å². The number of aliphatic carboxylic acids is 1. The molecule has 6 nitrogen and oxygen atoms in total. The summed E-state index contributed by atoms with van der Waals surface area (Å²) in [7, 11) is 0. The van der Waals surface area contributed by atoms with Crippen molar-refractivity contribution in [2.75, 3.05) is 0 Å². The highest BCUT2D eigenvalue weighted by atomic mass is 19.4. The monoisotopic (exact) mass is 485 g/mol. The molecular weight excluding hydrogens is 459 g/mol. The van der Waals surface area contributed by atoms with Gasteiger partial charge in [0.2, 0.25) is 0 Å². The number of nitrogens with zero attached hydrogens (tertiary/aromatic N) is 2. The van der Waals surface area contributed by atoms with Crippen LogP contribution in [0.2, 0.25) is 0 Å². The minimum absolute atomic E-state index is 0.0705. The molecule has 0 aliphatic heterocycles. The summed E-state index contributed by atoms with van der Waals surface area (Å²) in [4.78, 5) is 24.6. The van der Waals surface area contributed by atoms with E-state index in [-0.39, 0.29) is 29.4 Å². The van der Waals surface area contributed by atoms with Crippen molar-refractivity contribution < 1.29 is 27.9 Å². The van der Waals surface area contributed by atoms with Crippen LogP contribution in [0.15, 0.2) is 42.5 Å². The predicted octanol–water partition coefficient (Wildman–Crippen LogP) is 5.04. The van der Waals surface area contributed by atoms with E-state index < -0.39 is 23.2 Å². The Morgan fingerprint density at radius 1 is 1.17 bits per heavy atom. The van der Waals surface area contributed by atoms with E-state index in [0.717, 1.165) is 23.2 Å². The zero-order valence-corrected chi connectivity index (χ0v) is 19.4. The second-order valence-electron chi connectivity index (χ2n) is 9.97. The van der Waals surface area contributed by atoms with Crippen LogP contribution < -0.4 is 5.32 Å². The van der Waals surface area contributed by atoms with Gasteiger partial charge in [0.15, 0.2) is 5.69 Å². The molecule has 35 heavy (non-hydrogen) atoms. The molecule has 0 spiro atoms. The van der Waals surface area contributed by atoms with E-state index in [4.69, 9.17) is 0 Å². The molecule has 3 saturated carbocycles. The highest BCUT2D eigenvalue weighted by Gasteiger charge is 2.74. The van der Waals surface area contributed by atoms with Gasteiger partial charge in [-0.25, -0.2) is 0 Å². The SMILES string of the molecule is CCn1nc(C(=O)NC23CC(CC(=O)O)(C2)[C@@H]3C)c2c(Cc3ccc(C(F)(F)F)cc3)cccc21. The van der Waals surface area contributed by atoms with E-state index in [1.54, 1.807) is 4.68 Å². The van der Waals surface area contributed by atoms with Gasteiger partial charge in [0.25, 0.3) is 5.91 Å². The summed E-state index contributed by atoms with van der Waals surface area (Å²) in [6.45, 7) is 4.46. The van der Waals surface area contributed by atoms with Gasteiger partial charge in [-0.1, -0.05) is 31.2 Å². The molecule has 0 radical (unpaired) electrons. The van der Waals surface area contributed by atoms with Gasteiger partial charge in [-0.15, -0.1) is 0 Å². The number of aromatic nitrogens is 2. The van der Waals surface area contributed by atoms with E-state index in [1.165, 1.54) is 12.1 Å². The summed E-state index contributed by atoms with van der Waals surface area (Å²) < 4.78 is 40.6. The van der Waals surface area contributed by atoms with Gasteiger partial charge in [-0.05, 0) is 66.8 Å². The number of amides is 1. The number of hydrogen-bond donors (Lipinski definition) is 2. The third kappa shape index (κ3) is 3.68. The molecule has 1 atom stereocenters. The fourth-order valence-electron chi connectivity index (χ4n) is 6.08. The lowest BCUT2D eigenvalue weighted by Crippen LogP contribution is -2.81. The molecule has 0 saturated heterocycles. The van der Waals surface area contributed by atoms with E-state index in [9.17, 15) is 27.9 Å². The zero-order chi connectivity index (χ0) is 25.2. The fraction of sp³-hybridized carbons (Fsp3) is 0.423. The number of halogens is 3. The quantitative estimate of drug-likeness (QED) is 0.491. The van der Waals surface area contributed by atoms with Gasteiger partial charge in [-0.3, -0.25) is 14.3 Å². The summed E-state index contributed by atoms with van der Waals surface area (Å²) in [5, 5.41) is 17.6. The van der Waals surface area contributed by atoms with Crippen LogP contribution in [0.25, 0.3) is 10.9 Å². The van der Waals surface area contributed by atoms with Crippen LogP contribution in [0.1, 0.15) is 60.3 Å². The number of rotatable bonds is 7. The van der Waals surface area contributed by atoms with Crippen molar-refractivity contribution in [2.45, 2.75) is 57.8 Å². The first-order valence-corrected chi connectivity index (χ1v) is 11.7. The van der Waals surface area contributed by atoms with Crippen molar-refractivity contribution in [1.29, 1.82) is 0 Å². The van der Waals surface area contributed by atoms with Gasteiger partial charge in [0.05, 0.1) is 17.5 Å². The molecule has 2 N–H and O–H groups in total. The maximum absolute atomic E-state index is 13.4. The van der Waals surface area contributed by atoms with Crippen molar-refractivity contribution in [3.05, 3.63) is 64.8 Å². The van der Waals surface area contributed by atoms with E-state index in [2.05, 4.69) is 10.4 Å². The summed E-state index contributed by atoms with van der Waals surface area (Å²) in [5.74, 6) is -1.06. The minimum Gasteiger partial charge on any atom is -0.481 e. The van der Waals surface area contributed by atoms with E-state index >= 15 is 0 Å². The van der Waals surface area contributed by atoms with Crippen molar-refractivity contribution >= 4 is 22.8 Å². The molecule has 0 unspecified atom stereocenters. The largest absolute Gasteiger partial charge is 0.481 e. The average molecular weight is 486 g/mol. The number of hydrogen-bond acceptors (Lipinski definition) is 3. The Morgan fingerprint density at radius 2 is 1.86 bits per heavy atom. The highest BCUT2D eigenvalue weighted by molar-refractivity contribution is 6.06. The van der Waals surface area contributed by atoms with Crippen LogP contribution in [0, 0.1) is 11.3 Å². The molecule has 184 valence electrons. The third-order valence-electron chi connectivity index (χ3n) is 8.00. The van der Waals surface area contributed by atoms with Crippen molar-refractivity contribution in [3.63, 3.8) is 0 Å². The summed E-state index contributed by atoms with van der Waals surface area (Å²) in [6, 6.07) is 10.6. The Hall–Kier alpha value is -3.36. The van der Waals surface area contributed by atoms with E-state index in [0.29, 0.717) is 36.8 Å². The van der Waals surface area contributed by atoms with Gasteiger partial charge in [0, 0.05) is 17.5 Å². The first kappa shape index (κ1) is 23.4. The molecule has 1 aromatic heterocycles. The number of carbonyl (C=O) groups excluding carboxylic acids is 1. The molecule has 2 aromatic carbocycles. The molecule has 9 heteroatoms. The lowest BCUT2D eigenvalue weighted by atomic mass is 9.32. The first-order valence-electron chi connectivity index (χ1n) is 11.7. The standard InChI is InChI=1S/C26H26F3N3O3/c1-3-32-19-6-4-5-17(11-16-7-9-18(10-8-16)26(27,28)29)21(19)22(31-32)23(35)30-25-13-24(14-25,15(25)2)12-20(33)34/h4-10,15H,3,11-14H2,1-2H3,(H,30,35)(H,33,34)/t15-,24?,25?/m0/s1. The maximum Gasteiger partial charge on any atom is 0.416 e. The molecule has 6 rings (SSSR count). The highest BCUT2D eigenvalue weighted by Crippen LogP contribution is 2.72. The second-order valence-corrected chi connectivity index (χ2v) is 9.97. The van der Waals surface area contributed by atoms with Crippen LogP contribution in [-0.4, -0.2) is 32.3 Å². The van der Waals surface area contributed by atoms with Gasteiger partial charge >= 0.3 is 12.1 Å². The number of carboxylic acids is 1. The summed E-state index contributed by atoms with van der Waals surface area (Å²) >= 11 is 0. The molecule has 1 amide bonds. The second kappa shape index (κ2) is 7.83. The average Bonchev–Trinajstić information content (AvgIpc) is 3.17. The number of carbonyl (C=O) groups is 2. The smallest absolute Gasteiger partial charge is 0.416 e. The van der Waals surface area contributed by atoms with Crippen LogP contribution in [-0.2, 0) is 23.9 Å². The Balaban J connectivity index is 1.44. The number of nitrogens with one attached hydrogen (secondary N) is 1. The topological polar surface area (TPSA) is 84.2 Å². The van der Waals surface area contributed by atoms with Gasteiger partial charge in [0.1, 0.15) is 0 Å². The number of aryl methyl sites for hydroxylation is 1. The van der Waals surface area contributed by atoms with Crippen molar-refractivity contribution in [3.8, 4) is 0 Å². The normalized spacial score (nSPS) is 25.1. The summed E-state index contributed by atoms with van der Waals surface area (Å²) in [6.07, 6.45) is -2.65. The molecule has 3 aliphatic rings. The molecule has 3 fully saturated rings. The lowest BCUT2D eigenvalue weighted by molar-refractivity contribution is -0.222. The number of fused-ring (bicyclic) bond motifs is 1. The molecule has 3 aromatic rings. The predicted molar refractivity (Wildman–Crippen MR) is 123 cm³/mol. The van der Waals surface area contributed by atoms with E-state index in [1.807, 2.05) is 32.0 Å². The van der Waals surface area contributed by atoms with Crippen molar-refractivity contribution in [1.82, 2.24) is 15.1 Å². The summed E-state index contributed by atoms with van der Waals surface area (Å²) in [5.41, 5.74) is 1.23. The third-order valence-corrected chi connectivity index (χ3v) is 8.00. The van der Waals surface area contributed by atoms with Gasteiger partial charge in [-0.2, -0.15) is 18.3 Å².